The zero-order chi connectivity index (χ0) is 30.6. The first-order valence-corrected chi connectivity index (χ1v) is 15.2. The van der Waals surface area contributed by atoms with Crippen LogP contribution in [-0.2, 0) is 16.6 Å². The van der Waals surface area contributed by atoms with E-state index in [-0.39, 0.29) is 29.1 Å². The number of rotatable bonds is 8. The predicted octanol–water partition coefficient (Wildman–Crippen LogP) is 7.33. The lowest BCUT2D eigenvalue weighted by molar-refractivity contribution is -0.121. The number of aryl methyl sites for hydroxylation is 2. The molecule has 1 aliphatic heterocycles. The molecule has 1 aliphatic rings. The van der Waals surface area contributed by atoms with Crippen molar-refractivity contribution in [2.24, 2.45) is 5.92 Å². The highest BCUT2D eigenvalue weighted by atomic mass is 16.2. The van der Waals surface area contributed by atoms with Crippen molar-refractivity contribution in [2.45, 2.75) is 65.2 Å². The van der Waals surface area contributed by atoms with Gasteiger partial charge in [0.05, 0.1) is 11.4 Å². The minimum absolute atomic E-state index is 0.189. The Hall–Kier alpha value is -4.23. The van der Waals surface area contributed by atoms with E-state index in [9.17, 15) is 9.59 Å². The normalized spacial score (nSPS) is 14.7. The van der Waals surface area contributed by atoms with Crippen molar-refractivity contribution in [3.63, 3.8) is 0 Å². The van der Waals surface area contributed by atoms with Gasteiger partial charge in [-0.1, -0.05) is 74.9 Å². The van der Waals surface area contributed by atoms with Crippen LogP contribution in [0.25, 0.3) is 5.69 Å². The van der Waals surface area contributed by atoms with Crippen LogP contribution in [0.4, 0.5) is 16.3 Å². The van der Waals surface area contributed by atoms with Gasteiger partial charge in [0.25, 0.3) is 0 Å². The van der Waals surface area contributed by atoms with E-state index in [0.717, 1.165) is 59.6 Å². The third-order valence-electron chi connectivity index (χ3n) is 8.33. The van der Waals surface area contributed by atoms with Crippen LogP contribution in [0, 0.1) is 19.8 Å². The molecule has 4 aromatic rings. The molecule has 0 spiro atoms. The van der Waals surface area contributed by atoms with Gasteiger partial charge in [-0.05, 0) is 86.7 Å². The first-order valence-electron chi connectivity index (χ1n) is 15.2. The van der Waals surface area contributed by atoms with Crippen LogP contribution < -0.4 is 16.0 Å². The molecule has 224 valence electrons. The van der Waals surface area contributed by atoms with Crippen molar-refractivity contribution >= 4 is 23.3 Å². The molecule has 0 radical (unpaired) electrons. The quantitative estimate of drug-likeness (QED) is 0.205. The van der Waals surface area contributed by atoms with E-state index in [1.165, 1.54) is 0 Å². The van der Waals surface area contributed by atoms with Gasteiger partial charge in [0.1, 0.15) is 11.6 Å². The van der Waals surface area contributed by atoms with Gasteiger partial charge in [0.15, 0.2) is 0 Å². The Morgan fingerprint density at radius 2 is 1.65 bits per heavy atom. The lowest BCUT2D eigenvalue weighted by Gasteiger charge is -2.30. The SMILES string of the molecule is Cc1ccc(-n2nc(C(C)(C)C)cc2NC(=O)Nc2cccc(C(C(=O)Cc3ccccc3C)C3CCNCC3)c2)cc1. The molecule has 43 heavy (non-hydrogen) atoms. The fourth-order valence-corrected chi connectivity index (χ4v) is 5.81. The molecule has 1 atom stereocenters. The Bertz CT molecular complexity index is 1580. The summed E-state index contributed by atoms with van der Waals surface area (Å²) in [5.74, 6) is 0.827. The van der Waals surface area contributed by atoms with Crippen LogP contribution in [0.5, 0.6) is 0 Å². The number of aromatic nitrogens is 2. The van der Waals surface area contributed by atoms with Gasteiger partial charge >= 0.3 is 6.03 Å². The Morgan fingerprint density at radius 1 is 0.930 bits per heavy atom. The van der Waals surface area contributed by atoms with Gasteiger partial charge in [-0.2, -0.15) is 5.10 Å². The minimum atomic E-state index is -0.365. The summed E-state index contributed by atoms with van der Waals surface area (Å²) in [5, 5.41) is 14.3. The average molecular weight is 578 g/mol. The smallest absolute Gasteiger partial charge is 0.317 e. The highest BCUT2D eigenvalue weighted by Crippen LogP contribution is 2.34. The molecular formula is C36H43N5O2. The number of carbonyl (C=O) groups is 2. The third kappa shape index (κ3) is 7.41. The van der Waals surface area contributed by atoms with E-state index < -0.39 is 0 Å². The largest absolute Gasteiger partial charge is 0.324 e. The van der Waals surface area contributed by atoms with Crippen molar-refractivity contribution in [3.8, 4) is 5.69 Å². The number of urea groups is 1. The Labute approximate surface area is 255 Å². The number of amides is 2. The molecular weight excluding hydrogens is 534 g/mol. The summed E-state index contributed by atoms with van der Waals surface area (Å²) in [4.78, 5) is 27.2. The molecule has 1 unspecified atom stereocenters. The number of carbonyl (C=O) groups excluding carboxylic acids is 2. The van der Waals surface area contributed by atoms with Crippen molar-refractivity contribution in [1.29, 1.82) is 0 Å². The first kappa shape index (κ1) is 30.2. The van der Waals surface area contributed by atoms with Crippen LogP contribution >= 0.6 is 0 Å². The number of Topliss-reactive ketones (excluding diaryl/α,β-unsaturated/α-hetero) is 1. The van der Waals surface area contributed by atoms with Crippen LogP contribution in [0.1, 0.15) is 67.5 Å². The number of hydrogen-bond acceptors (Lipinski definition) is 4. The summed E-state index contributed by atoms with van der Waals surface area (Å²) in [5.41, 5.74) is 6.51. The second kappa shape index (κ2) is 13.0. The molecule has 3 N–H and O–H groups in total. The molecule has 2 amide bonds. The van der Waals surface area contributed by atoms with Crippen LogP contribution in [0.3, 0.4) is 0 Å². The lowest BCUT2D eigenvalue weighted by Crippen LogP contribution is -2.34. The number of hydrogen-bond donors (Lipinski definition) is 3. The molecule has 0 saturated carbocycles. The van der Waals surface area contributed by atoms with Crippen LogP contribution in [0.2, 0.25) is 0 Å². The van der Waals surface area contributed by atoms with Crippen molar-refractivity contribution in [3.05, 3.63) is 107 Å². The van der Waals surface area contributed by atoms with Gasteiger partial charge < -0.3 is 10.6 Å². The van der Waals surface area contributed by atoms with Gasteiger partial charge in [-0.25, -0.2) is 9.48 Å². The number of benzene rings is 3. The second-order valence-corrected chi connectivity index (χ2v) is 12.8. The highest BCUT2D eigenvalue weighted by Gasteiger charge is 2.31. The number of piperidine rings is 1. The summed E-state index contributed by atoms with van der Waals surface area (Å²) in [7, 11) is 0. The van der Waals surface area contributed by atoms with E-state index >= 15 is 0 Å². The predicted molar refractivity (Wildman–Crippen MR) is 174 cm³/mol. The Balaban J connectivity index is 1.38. The molecule has 3 aromatic carbocycles. The first-order chi connectivity index (χ1) is 20.6. The number of ketones is 1. The minimum Gasteiger partial charge on any atom is -0.317 e. The summed E-state index contributed by atoms with van der Waals surface area (Å²) in [6.07, 6.45) is 2.29. The molecule has 7 heteroatoms. The number of nitrogens with one attached hydrogen (secondary N) is 3. The topological polar surface area (TPSA) is 88.1 Å². The molecule has 0 bridgehead atoms. The van der Waals surface area contributed by atoms with Crippen LogP contribution in [-0.4, -0.2) is 34.7 Å². The zero-order valence-electron chi connectivity index (χ0n) is 25.9. The Kier molecular flexibility index (Phi) is 9.11. The maximum Gasteiger partial charge on any atom is 0.324 e. The Morgan fingerprint density at radius 3 is 2.35 bits per heavy atom. The fourth-order valence-electron chi connectivity index (χ4n) is 5.81. The van der Waals surface area contributed by atoms with E-state index in [1.807, 2.05) is 79.7 Å². The molecule has 7 nitrogen and oxygen atoms in total. The summed E-state index contributed by atoms with van der Waals surface area (Å²) in [6.45, 7) is 12.2. The van der Waals surface area contributed by atoms with Crippen molar-refractivity contribution < 1.29 is 9.59 Å². The average Bonchev–Trinajstić information content (AvgIpc) is 3.40. The summed E-state index contributed by atoms with van der Waals surface area (Å²) >= 11 is 0. The molecule has 2 heterocycles. The van der Waals surface area contributed by atoms with E-state index in [1.54, 1.807) is 4.68 Å². The van der Waals surface area contributed by atoms with Gasteiger partial charge in [0.2, 0.25) is 0 Å². The number of anilines is 2. The zero-order valence-corrected chi connectivity index (χ0v) is 25.9. The maximum absolute atomic E-state index is 13.9. The molecule has 0 aliphatic carbocycles. The number of nitrogens with zero attached hydrogens (tertiary/aromatic N) is 2. The monoisotopic (exact) mass is 577 g/mol. The molecule has 1 fully saturated rings. The van der Waals surface area contributed by atoms with E-state index in [2.05, 4.69) is 49.7 Å². The standard InChI is InChI=1S/C36H43N5O2/c1-24-13-15-30(16-14-24)41-33(23-32(40-41)36(3,4)5)39-35(43)38-29-12-8-11-28(21-29)34(26-17-19-37-20-18-26)31(42)22-27-10-7-6-9-25(27)2/h6-16,21,23,26,34,37H,17-20,22H2,1-5H3,(H2,38,39,43). The molecule has 5 rings (SSSR count). The van der Waals surface area contributed by atoms with E-state index in [0.29, 0.717) is 17.9 Å². The lowest BCUT2D eigenvalue weighted by atomic mass is 9.76. The molecule has 1 aromatic heterocycles. The second-order valence-electron chi connectivity index (χ2n) is 12.8. The molecule has 1 saturated heterocycles. The van der Waals surface area contributed by atoms with Gasteiger partial charge in [-0.15, -0.1) is 0 Å². The van der Waals surface area contributed by atoms with Gasteiger partial charge in [-0.3, -0.25) is 10.1 Å². The third-order valence-corrected chi connectivity index (χ3v) is 8.33. The van der Waals surface area contributed by atoms with Crippen molar-refractivity contribution in [1.82, 2.24) is 15.1 Å². The highest BCUT2D eigenvalue weighted by molar-refractivity contribution is 5.99. The van der Waals surface area contributed by atoms with E-state index in [4.69, 9.17) is 5.10 Å². The fraction of sp³-hybridized carbons (Fsp3) is 0.361. The van der Waals surface area contributed by atoms with Crippen molar-refractivity contribution in [2.75, 3.05) is 23.7 Å². The van der Waals surface area contributed by atoms with Gasteiger partial charge in [0, 0.05) is 29.5 Å². The summed E-state index contributed by atoms with van der Waals surface area (Å²) in [6, 6.07) is 25.5. The maximum atomic E-state index is 13.9. The summed E-state index contributed by atoms with van der Waals surface area (Å²) < 4.78 is 1.77. The van der Waals surface area contributed by atoms with Crippen LogP contribution in [0.15, 0.2) is 78.9 Å².